The molecule has 0 aromatic heterocycles. The molecule has 1 N–H and O–H groups in total. The molecule has 1 atom stereocenters. The Balaban J connectivity index is 2.39. The number of hydrogen-bond acceptors (Lipinski definition) is 4. The van der Waals surface area contributed by atoms with E-state index >= 15 is 0 Å². The molecule has 0 saturated heterocycles. The Labute approximate surface area is 194 Å². The van der Waals surface area contributed by atoms with Crippen LogP contribution in [0.3, 0.4) is 0 Å². The van der Waals surface area contributed by atoms with Crippen LogP contribution in [0.5, 0.6) is 0 Å². The second kappa shape index (κ2) is 10.9. The highest BCUT2D eigenvalue weighted by atomic mass is 79.9. The zero-order valence-corrected chi connectivity index (χ0v) is 20.2. The first-order chi connectivity index (χ1) is 14.9. The molecular formula is C21H24BrF2N3O4S. The molecule has 0 aliphatic heterocycles. The molecule has 2 amide bonds. The number of carbonyl (C=O) groups is 2. The molecule has 2 aromatic carbocycles. The number of rotatable bonds is 9. The van der Waals surface area contributed by atoms with Gasteiger partial charge in [0.15, 0.2) is 11.6 Å². The third-order valence-corrected chi connectivity index (χ3v) is 6.32. The second-order valence-corrected chi connectivity index (χ2v) is 9.91. The minimum Gasteiger partial charge on any atom is -0.355 e. The number of anilines is 1. The predicted molar refractivity (Wildman–Crippen MR) is 121 cm³/mol. The summed E-state index contributed by atoms with van der Waals surface area (Å²) in [6, 6.07) is 8.73. The fourth-order valence-corrected chi connectivity index (χ4v) is 4.05. The van der Waals surface area contributed by atoms with Crippen molar-refractivity contribution < 1.29 is 26.8 Å². The average Bonchev–Trinajstić information content (AvgIpc) is 2.72. The van der Waals surface area contributed by atoms with Gasteiger partial charge in [0, 0.05) is 23.6 Å². The lowest BCUT2D eigenvalue weighted by atomic mass is 10.1. The van der Waals surface area contributed by atoms with E-state index in [1.54, 1.807) is 31.2 Å². The molecule has 0 spiro atoms. The molecular weight excluding hydrogens is 508 g/mol. The molecule has 2 aromatic rings. The van der Waals surface area contributed by atoms with Crippen molar-refractivity contribution in [1.82, 2.24) is 10.2 Å². The number of nitrogens with zero attached hydrogens (tertiary/aromatic N) is 2. The normalized spacial score (nSPS) is 12.2. The van der Waals surface area contributed by atoms with Gasteiger partial charge in [0.2, 0.25) is 21.8 Å². The third kappa shape index (κ3) is 6.73. The summed E-state index contributed by atoms with van der Waals surface area (Å²) in [7, 11) is -4.02. The number of benzene rings is 2. The highest BCUT2D eigenvalue weighted by molar-refractivity contribution is 9.10. The van der Waals surface area contributed by atoms with Crippen LogP contribution in [0, 0.1) is 11.6 Å². The lowest BCUT2D eigenvalue weighted by Crippen LogP contribution is -2.51. The molecule has 2 rings (SSSR count). The van der Waals surface area contributed by atoms with Crippen molar-refractivity contribution in [3.8, 4) is 0 Å². The smallest absolute Gasteiger partial charge is 0.244 e. The van der Waals surface area contributed by atoms with Crippen LogP contribution in [0.15, 0.2) is 46.9 Å². The highest BCUT2D eigenvalue weighted by Crippen LogP contribution is 2.22. The van der Waals surface area contributed by atoms with E-state index in [4.69, 9.17) is 0 Å². The van der Waals surface area contributed by atoms with Gasteiger partial charge in [0.1, 0.15) is 12.6 Å². The molecule has 0 heterocycles. The van der Waals surface area contributed by atoms with E-state index in [1.807, 2.05) is 0 Å². The van der Waals surface area contributed by atoms with Crippen LogP contribution in [-0.2, 0) is 26.2 Å². The summed E-state index contributed by atoms with van der Waals surface area (Å²) in [5.74, 6) is -3.47. The fraction of sp³-hybridized carbons (Fsp3) is 0.333. The van der Waals surface area contributed by atoms with E-state index in [2.05, 4.69) is 21.2 Å². The quantitative estimate of drug-likeness (QED) is 0.538. The largest absolute Gasteiger partial charge is 0.355 e. The van der Waals surface area contributed by atoms with E-state index in [1.165, 1.54) is 11.8 Å². The van der Waals surface area contributed by atoms with Gasteiger partial charge in [-0.05, 0) is 43.7 Å². The maximum Gasteiger partial charge on any atom is 0.244 e. The van der Waals surface area contributed by atoms with Crippen LogP contribution < -0.4 is 9.62 Å². The zero-order chi connectivity index (χ0) is 24.1. The van der Waals surface area contributed by atoms with E-state index in [0.717, 1.165) is 28.4 Å². The number of nitrogens with one attached hydrogen (secondary N) is 1. The van der Waals surface area contributed by atoms with E-state index in [0.29, 0.717) is 16.9 Å². The topological polar surface area (TPSA) is 86.8 Å². The van der Waals surface area contributed by atoms with E-state index in [-0.39, 0.29) is 12.2 Å². The van der Waals surface area contributed by atoms with Crippen molar-refractivity contribution in [1.29, 1.82) is 0 Å². The van der Waals surface area contributed by atoms with Gasteiger partial charge in [-0.15, -0.1) is 0 Å². The first-order valence-corrected chi connectivity index (χ1v) is 12.3. The minimum absolute atomic E-state index is 0.0415. The number of hydrogen-bond donors (Lipinski definition) is 1. The maximum absolute atomic E-state index is 13.7. The van der Waals surface area contributed by atoms with Crippen molar-refractivity contribution in [2.45, 2.75) is 26.4 Å². The summed E-state index contributed by atoms with van der Waals surface area (Å²) in [5.41, 5.74) is 0.519. The van der Waals surface area contributed by atoms with Crippen LogP contribution in [0.4, 0.5) is 14.5 Å². The molecule has 11 heteroatoms. The standard InChI is InChI=1S/C21H24BrF2N3O4S/c1-4-25-21(29)14(2)26(12-15-5-7-16(22)8-6-15)20(28)13-27(32(3,30)31)17-9-10-18(23)19(24)11-17/h5-11,14H,4,12-13H2,1-3H3,(H,25,29)/t14-/m0/s1. The molecule has 0 aliphatic rings. The summed E-state index contributed by atoms with van der Waals surface area (Å²) in [5, 5.41) is 2.64. The molecule has 0 radical (unpaired) electrons. The third-order valence-electron chi connectivity index (χ3n) is 4.65. The number of sulfonamides is 1. The van der Waals surface area contributed by atoms with Gasteiger partial charge < -0.3 is 10.2 Å². The summed E-state index contributed by atoms with van der Waals surface area (Å²) in [6.45, 7) is 2.97. The van der Waals surface area contributed by atoms with Gasteiger partial charge in [-0.25, -0.2) is 17.2 Å². The zero-order valence-electron chi connectivity index (χ0n) is 17.8. The Bertz CT molecular complexity index is 1080. The van der Waals surface area contributed by atoms with Gasteiger partial charge in [0.25, 0.3) is 0 Å². The Kier molecular flexibility index (Phi) is 8.73. The van der Waals surface area contributed by atoms with Gasteiger partial charge in [-0.3, -0.25) is 13.9 Å². The second-order valence-electron chi connectivity index (χ2n) is 7.09. The fourth-order valence-electron chi connectivity index (χ4n) is 2.94. The minimum atomic E-state index is -4.02. The number of likely N-dealkylation sites (N-methyl/N-ethyl adjacent to an activating group) is 1. The average molecular weight is 532 g/mol. The maximum atomic E-state index is 13.7. The summed E-state index contributed by atoms with van der Waals surface area (Å²) in [4.78, 5) is 26.9. The van der Waals surface area contributed by atoms with Gasteiger partial charge in [-0.2, -0.15) is 0 Å². The van der Waals surface area contributed by atoms with Crippen LogP contribution in [0.25, 0.3) is 0 Å². The molecule has 174 valence electrons. The van der Waals surface area contributed by atoms with Crippen LogP contribution in [0.2, 0.25) is 0 Å². The SMILES string of the molecule is CCNC(=O)[C@H](C)N(Cc1ccc(Br)cc1)C(=O)CN(c1ccc(F)c(F)c1)S(C)(=O)=O. The van der Waals surface area contributed by atoms with Crippen molar-refractivity contribution >= 4 is 43.5 Å². The van der Waals surface area contributed by atoms with Crippen molar-refractivity contribution in [3.05, 3.63) is 64.1 Å². The van der Waals surface area contributed by atoms with Crippen molar-refractivity contribution in [2.24, 2.45) is 0 Å². The summed E-state index contributed by atoms with van der Waals surface area (Å²) < 4.78 is 53.2. The molecule has 0 bridgehead atoms. The van der Waals surface area contributed by atoms with Crippen molar-refractivity contribution in [2.75, 3.05) is 23.7 Å². The van der Waals surface area contributed by atoms with Gasteiger partial charge in [-0.1, -0.05) is 28.1 Å². The molecule has 7 nitrogen and oxygen atoms in total. The number of carbonyl (C=O) groups excluding carboxylic acids is 2. The Hall–Kier alpha value is -2.53. The lowest BCUT2D eigenvalue weighted by molar-refractivity contribution is -0.139. The van der Waals surface area contributed by atoms with Crippen LogP contribution in [-0.4, -0.2) is 50.5 Å². The Morgan fingerprint density at radius 1 is 1.09 bits per heavy atom. The van der Waals surface area contributed by atoms with Gasteiger partial charge >= 0.3 is 0 Å². The van der Waals surface area contributed by atoms with Crippen LogP contribution in [0.1, 0.15) is 19.4 Å². The molecule has 0 unspecified atom stereocenters. The van der Waals surface area contributed by atoms with Crippen LogP contribution >= 0.6 is 15.9 Å². The summed E-state index contributed by atoms with van der Waals surface area (Å²) in [6.07, 6.45) is 0.855. The first kappa shape index (κ1) is 25.7. The number of amides is 2. The highest BCUT2D eigenvalue weighted by Gasteiger charge is 2.30. The molecule has 0 aliphatic carbocycles. The molecule has 32 heavy (non-hydrogen) atoms. The number of halogens is 3. The Morgan fingerprint density at radius 3 is 2.25 bits per heavy atom. The van der Waals surface area contributed by atoms with Gasteiger partial charge in [0.05, 0.1) is 11.9 Å². The van der Waals surface area contributed by atoms with E-state index < -0.39 is 46.1 Å². The monoisotopic (exact) mass is 531 g/mol. The predicted octanol–water partition coefficient (Wildman–Crippen LogP) is 3.05. The molecule has 0 fully saturated rings. The Morgan fingerprint density at radius 2 is 1.72 bits per heavy atom. The van der Waals surface area contributed by atoms with E-state index in [9.17, 15) is 26.8 Å². The molecule has 0 saturated carbocycles. The summed E-state index contributed by atoms with van der Waals surface area (Å²) >= 11 is 3.33. The first-order valence-electron chi connectivity index (χ1n) is 9.68. The van der Waals surface area contributed by atoms with Crippen molar-refractivity contribution in [3.63, 3.8) is 0 Å². The lowest BCUT2D eigenvalue weighted by Gasteiger charge is -2.31.